The van der Waals surface area contributed by atoms with Crippen LogP contribution in [0.3, 0.4) is 0 Å². The van der Waals surface area contributed by atoms with Crippen LogP contribution >= 0.6 is 11.3 Å². The van der Waals surface area contributed by atoms with Crippen molar-refractivity contribution in [2.45, 2.75) is 25.7 Å². The molecule has 2 rings (SSSR count). The maximum Gasteiger partial charge on any atom is 0.0506 e. The lowest BCUT2D eigenvalue weighted by molar-refractivity contribution is 0.0892. The molecular formula is C13H21NOS. The van der Waals surface area contributed by atoms with Gasteiger partial charge in [-0.2, -0.15) is 11.3 Å². The van der Waals surface area contributed by atoms with Gasteiger partial charge in [0, 0.05) is 6.61 Å². The lowest BCUT2D eigenvalue weighted by atomic mass is 9.97. The molecule has 1 aromatic heterocycles. The van der Waals surface area contributed by atoms with Gasteiger partial charge in [-0.05, 0) is 60.0 Å². The van der Waals surface area contributed by atoms with Gasteiger partial charge in [0.25, 0.3) is 0 Å². The van der Waals surface area contributed by atoms with Crippen LogP contribution in [-0.2, 0) is 11.2 Å². The summed E-state index contributed by atoms with van der Waals surface area (Å²) < 4.78 is 5.77. The number of hydrogen-bond donors (Lipinski definition) is 1. The smallest absolute Gasteiger partial charge is 0.0506 e. The molecule has 2 N–H and O–H groups in total. The molecule has 2 unspecified atom stereocenters. The van der Waals surface area contributed by atoms with Gasteiger partial charge in [-0.15, -0.1) is 0 Å². The van der Waals surface area contributed by atoms with E-state index < -0.39 is 0 Å². The predicted octanol–water partition coefficient (Wildman–Crippen LogP) is 2.68. The van der Waals surface area contributed by atoms with E-state index in [2.05, 4.69) is 16.8 Å². The molecule has 1 fully saturated rings. The largest absolute Gasteiger partial charge is 0.381 e. The number of thiophene rings is 1. The van der Waals surface area contributed by atoms with E-state index in [1.54, 1.807) is 11.3 Å². The van der Waals surface area contributed by atoms with E-state index in [1.807, 2.05) is 0 Å². The number of nitrogens with two attached hydrogens (primary N) is 1. The van der Waals surface area contributed by atoms with Crippen molar-refractivity contribution in [3.8, 4) is 0 Å². The minimum atomic E-state index is 0.709. The van der Waals surface area contributed by atoms with Crippen molar-refractivity contribution in [2.24, 2.45) is 17.6 Å². The monoisotopic (exact) mass is 239 g/mol. The summed E-state index contributed by atoms with van der Waals surface area (Å²) in [4.78, 5) is 0. The van der Waals surface area contributed by atoms with E-state index in [9.17, 15) is 0 Å². The quantitative estimate of drug-likeness (QED) is 0.775. The highest BCUT2D eigenvalue weighted by Crippen LogP contribution is 2.30. The van der Waals surface area contributed by atoms with Gasteiger partial charge in [0.05, 0.1) is 6.61 Å². The molecule has 0 aromatic carbocycles. The van der Waals surface area contributed by atoms with Crippen LogP contribution in [0, 0.1) is 11.8 Å². The Labute approximate surface area is 102 Å². The molecule has 1 saturated carbocycles. The average molecular weight is 239 g/mol. The van der Waals surface area contributed by atoms with E-state index in [-0.39, 0.29) is 0 Å². The van der Waals surface area contributed by atoms with Crippen LogP contribution in [0.2, 0.25) is 0 Å². The van der Waals surface area contributed by atoms with Gasteiger partial charge in [-0.3, -0.25) is 0 Å². The van der Waals surface area contributed by atoms with Crippen molar-refractivity contribution in [1.82, 2.24) is 0 Å². The Bertz CT molecular complexity index is 286. The van der Waals surface area contributed by atoms with Crippen LogP contribution in [0.4, 0.5) is 0 Å². The summed E-state index contributed by atoms with van der Waals surface area (Å²) in [5, 5.41) is 4.32. The van der Waals surface area contributed by atoms with Gasteiger partial charge in [-0.25, -0.2) is 0 Å². The molecule has 0 radical (unpaired) electrons. The Balaban J connectivity index is 1.61. The zero-order chi connectivity index (χ0) is 11.2. The van der Waals surface area contributed by atoms with E-state index in [4.69, 9.17) is 10.5 Å². The Morgan fingerprint density at radius 1 is 1.38 bits per heavy atom. The molecule has 16 heavy (non-hydrogen) atoms. The molecule has 1 aliphatic carbocycles. The maximum absolute atomic E-state index is 5.77. The SMILES string of the molecule is NCC1CCCC1COCCc1ccsc1. The second kappa shape index (κ2) is 6.38. The Hall–Kier alpha value is -0.380. The van der Waals surface area contributed by atoms with Crippen molar-refractivity contribution >= 4 is 11.3 Å². The third-order valence-electron chi connectivity index (χ3n) is 3.57. The summed E-state index contributed by atoms with van der Waals surface area (Å²) in [6, 6.07) is 2.17. The summed E-state index contributed by atoms with van der Waals surface area (Å²) in [7, 11) is 0. The summed E-state index contributed by atoms with van der Waals surface area (Å²) >= 11 is 1.75. The van der Waals surface area contributed by atoms with E-state index >= 15 is 0 Å². The zero-order valence-electron chi connectivity index (χ0n) is 9.73. The number of rotatable bonds is 6. The topological polar surface area (TPSA) is 35.2 Å². The molecule has 3 heteroatoms. The molecule has 1 aliphatic rings. The first kappa shape index (κ1) is 12.1. The second-order valence-electron chi connectivity index (χ2n) is 4.64. The van der Waals surface area contributed by atoms with Crippen LogP contribution < -0.4 is 5.73 Å². The third-order valence-corrected chi connectivity index (χ3v) is 4.30. The standard InChI is InChI=1S/C13H21NOS/c14-8-12-2-1-3-13(12)9-15-6-4-11-5-7-16-10-11/h5,7,10,12-13H,1-4,6,8-9,14H2. The van der Waals surface area contributed by atoms with E-state index in [0.29, 0.717) is 11.8 Å². The molecule has 2 nitrogen and oxygen atoms in total. The molecule has 2 atom stereocenters. The zero-order valence-corrected chi connectivity index (χ0v) is 10.5. The van der Waals surface area contributed by atoms with E-state index in [0.717, 1.165) is 26.2 Å². The van der Waals surface area contributed by atoms with Crippen LogP contribution in [0.1, 0.15) is 24.8 Å². The van der Waals surface area contributed by atoms with Gasteiger partial charge >= 0.3 is 0 Å². The van der Waals surface area contributed by atoms with Gasteiger partial charge in [-0.1, -0.05) is 6.42 Å². The van der Waals surface area contributed by atoms with Crippen LogP contribution in [0.25, 0.3) is 0 Å². The lowest BCUT2D eigenvalue weighted by Gasteiger charge is -2.17. The molecule has 90 valence electrons. The lowest BCUT2D eigenvalue weighted by Crippen LogP contribution is -2.22. The van der Waals surface area contributed by atoms with Crippen LogP contribution in [0.5, 0.6) is 0 Å². The fourth-order valence-corrected chi connectivity index (χ4v) is 3.21. The Morgan fingerprint density at radius 3 is 3.00 bits per heavy atom. The highest BCUT2D eigenvalue weighted by Gasteiger charge is 2.25. The van der Waals surface area contributed by atoms with E-state index in [1.165, 1.54) is 24.8 Å². The highest BCUT2D eigenvalue weighted by molar-refractivity contribution is 7.07. The second-order valence-corrected chi connectivity index (χ2v) is 5.42. The van der Waals surface area contributed by atoms with Crippen molar-refractivity contribution < 1.29 is 4.74 Å². The van der Waals surface area contributed by atoms with Gasteiger partial charge < -0.3 is 10.5 Å². The number of hydrogen-bond acceptors (Lipinski definition) is 3. The average Bonchev–Trinajstić information content (AvgIpc) is 2.95. The summed E-state index contributed by atoms with van der Waals surface area (Å²) in [6.07, 6.45) is 4.99. The van der Waals surface area contributed by atoms with Gasteiger partial charge in [0.15, 0.2) is 0 Å². The first-order valence-corrected chi connectivity index (χ1v) is 7.13. The normalized spacial score (nSPS) is 25.1. The fourth-order valence-electron chi connectivity index (χ4n) is 2.50. The third kappa shape index (κ3) is 3.30. The molecule has 0 spiro atoms. The molecular weight excluding hydrogens is 218 g/mol. The fraction of sp³-hybridized carbons (Fsp3) is 0.692. The molecule has 1 heterocycles. The summed E-state index contributed by atoms with van der Waals surface area (Å²) in [6.45, 7) is 2.59. The summed E-state index contributed by atoms with van der Waals surface area (Å²) in [5.74, 6) is 1.42. The van der Waals surface area contributed by atoms with Crippen molar-refractivity contribution in [1.29, 1.82) is 0 Å². The minimum absolute atomic E-state index is 0.709. The molecule has 0 bridgehead atoms. The highest BCUT2D eigenvalue weighted by atomic mass is 32.1. The first-order chi connectivity index (χ1) is 7.90. The van der Waals surface area contributed by atoms with Crippen molar-refractivity contribution in [3.63, 3.8) is 0 Å². The van der Waals surface area contributed by atoms with Crippen LogP contribution in [0.15, 0.2) is 16.8 Å². The van der Waals surface area contributed by atoms with Gasteiger partial charge in [0.1, 0.15) is 0 Å². The van der Waals surface area contributed by atoms with Crippen LogP contribution in [-0.4, -0.2) is 19.8 Å². The number of ether oxygens (including phenoxy) is 1. The molecule has 1 aromatic rings. The Morgan fingerprint density at radius 2 is 2.25 bits per heavy atom. The minimum Gasteiger partial charge on any atom is -0.381 e. The predicted molar refractivity (Wildman–Crippen MR) is 68.7 cm³/mol. The van der Waals surface area contributed by atoms with Crippen molar-refractivity contribution in [3.05, 3.63) is 22.4 Å². The molecule has 0 saturated heterocycles. The first-order valence-electron chi connectivity index (χ1n) is 6.19. The van der Waals surface area contributed by atoms with Gasteiger partial charge in [0.2, 0.25) is 0 Å². The maximum atomic E-state index is 5.77. The summed E-state index contributed by atoms with van der Waals surface area (Å²) in [5.41, 5.74) is 7.15. The Kier molecular flexibility index (Phi) is 4.82. The van der Waals surface area contributed by atoms with Crippen molar-refractivity contribution in [2.75, 3.05) is 19.8 Å². The molecule has 0 aliphatic heterocycles. The molecule has 0 amide bonds.